The maximum absolute atomic E-state index is 9.50. The Balaban J connectivity index is 2.25. The lowest BCUT2D eigenvalue weighted by Gasteiger charge is -2.16. The van der Waals surface area contributed by atoms with Crippen molar-refractivity contribution < 1.29 is 14.6 Å². The summed E-state index contributed by atoms with van der Waals surface area (Å²) in [7, 11) is 5.34. The molecule has 0 amide bonds. The van der Waals surface area contributed by atoms with Crippen LogP contribution in [0.25, 0.3) is 0 Å². The van der Waals surface area contributed by atoms with Gasteiger partial charge in [0.2, 0.25) is 0 Å². The molecule has 0 aliphatic heterocycles. The molecule has 1 aromatic rings. The van der Waals surface area contributed by atoms with Crippen LogP contribution in [0.15, 0.2) is 18.2 Å². The molecule has 108 valence electrons. The number of aromatic hydroxyl groups is 1. The predicted molar refractivity (Wildman–Crippen MR) is 75.7 cm³/mol. The third kappa shape index (κ3) is 5.92. The highest BCUT2D eigenvalue weighted by Crippen LogP contribution is 2.25. The number of methoxy groups -OCH3 is 2. The van der Waals surface area contributed by atoms with Crippen molar-refractivity contribution in [2.75, 3.05) is 47.5 Å². The van der Waals surface area contributed by atoms with Crippen molar-refractivity contribution in [3.63, 3.8) is 0 Å². The predicted octanol–water partition coefficient (Wildman–Crippen LogP) is 1.07. The molecule has 1 rings (SSSR count). The van der Waals surface area contributed by atoms with E-state index in [2.05, 4.69) is 17.3 Å². The second kappa shape index (κ2) is 8.74. The Labute approximate surface area is 115 Å². The number of hydrogen-bond acceptors (Lipinski definition) is 5. The van der Waals surface area contributed by atoms with Gasteiger partial charge in [0.05, 0.1) is 13.7 Å². The Kier molecular flexibility index (Phi) is 7.25. The first-order valence-electron chi connectivity index (χ1n) is 6.41. The van der Waals surface area contributed by atoms with Crippen molar-refractivity contribution in [2.24, 2.45) is 0 Å². The number of nitrogens with one attached hydrogen (secondary N) is 1. The monoisotopic (exact) mass is 268 g/mol. The summed E-state index contributed by atoms with van der Waals surface area (Å²) in [5.41, 5.74) is 1.09. The van der Waals surface area contributed by atoms with Crippen molar-refractivity contribution in [3.8, 4) is 11.5 Å². The van der Waals surface area contributed by atoms with E-state index < -0.39 is 0 Å². The van der Waals surface area contributed by atoms with Gasteiger partial charge in [0.15, 0.2) is 11.5 Å². The first-order chi connectivity index (χ1) is 9.17. The first-order valence-corrected chi connectivity index (χ1v) is 6.41. The number of hydrogen-bond donors (Lipinski definition) is 2. The topological polar surface area (TPSA) is 54.0 Å². The van der Waals surface area contributed by atoms with Crippen molar-refractivity contribution in [1.82, 2.24) is 10.2 Å². The number of likely N-dealkylation sites (N-methyl/N-ethyl adjacent to an activating group) is 1. The minimum absolute atomic E-state index is 0.172. The van der Waals surface area contributed by atoms with Crippen LogP contribution in [0, 0.1) is 0 Å². The van der Waals surface area contributed by atoms with Crippen LogP contribution < -0.4 is 10.1 Å². The first kappa shape index (κ1) is 15.8. The van der Waals surface area contributed by atoms with Gasteiger partial charge in [-0.15, -0.1) is 0 Å². The summed E-state index contributed by atoms with van der Waals surface area (Å²) in [6, 6.07) is 5.39. The fraction of sp³-hybridized carbons (Fsp3) is 0.571. The highest BCUT2D eigenvalue weighted by Gasteiger charge is 2.02. The fourth-order valence-electron chi connectivity index (χ4n) is 1.69. The molecule has 0 aliphatic carbocycles. The molecule has 0 bridgehead atoms. The van der Waals surface area contributed by atoms with Crippen LogP contribution in [0.3, 0.4) is 0 Å². The quantitative estimate of drug-likeness (QED) is 0.656. The van der Waals surface area contributed by atoms with Gasteiger partial charge in [-0.05, 0) is 24.7 Å². The molecule has 0 saturated heterocycles. The van der Waals surface area contributed by atoms with Crippen molar-refractivity contribution >= 4 is 0 Å². The van der Waals surface area contributed by atoms with Gasteiger partial charge in [0.25, 0.3) is 0 Å². The number of phenols is 1. The summed E-state index contributed by atoms with van der Waals surface area (Å²) >= 11 is 0. The minimum atomic E-state index is 0.172. The lowest BCUT2D eigenvalue weighted by molar-refractivity contribution is 0.161. The normalized spacial score (nSPS) is 10.9. The van der Waals surface area contributed by atoms with Crippen LogP contribution in [-0.2, 0) is 11.3 Å². The maximum atomic E-state index is 9.50. The van der Waals surface area contributed by atoms with Gasteiger partial charge in [-0.2, -0.15) is 0 Å². The molecule has 0 aliphatic rings. The zero-order valence-corrected chi connectivity index (χ0v) is 12.0. The zero-order chi connectivity index (χ0) is 14.1. The van der Waals surface area contributed by atoms with Crippen LogP contribution >= 0.6 is 0 Å². The molecule has 5 nitrogen and oxygen atoms in total. The Morgan fingerprint density at radius 1 is 1.26 bits per heavy atom. The highest BCUT2D eigenvalue weighted by molar-refractivity contribution is 5.41. The lowest BCUT2D eigenvalue weighted by Crippen LogP contribution is -2.31. The van der Waals surface area contributed by atoms with Gasteiger partial charge in [-0.25, -0.2) is 0 Å². The summed E-state index contributed by atoms with van der Waals surface area (Å²) in [4.78, 5) is 2.22. The number of nitrogens with zero attached hydrogens (tertiary/aromatic N) is 1. The molecule has 0 fully saturated rings. The summed E-state index contributed by atoms with van der Waals surface area (Å²) in [5, 5.41) is 12.9. The van der Waals surface area contributed by atoms with Gasteiger partial charge in [0, 0.05) is 33.3 Å². The summed E-state index contributed by atoms with van der Waals surface area (Å²) in [5.74, 6) is 0.682. The van der Waals surface area contributed by atoms with E-state index in [9.17, 15) is 5.11 Å². The average molecular weight is 268 g/mol. The van der Waals surface area contributed by atoms with Gasteiger partial charge in [0.1, 0.15) is 0 Å². The molecule has 5 heteroatoms. The molecule has 0 saturated carbocycles. The number of ether oxygens (including phenoxy) is 2. The number of benzene rings is 1. The van der Waals surface area contributed by atoms with Gasteiger partial charge in [-0.1, -0.05) is 6.07 Å². The minimum Gasteiger partial charge on any atom is -0.504 e. The van der Waals surface area contributed by atoms with E-state index in [0.29, 0.717) is 5.75 Å². The second-order valence-electron chi connectivity index (χ2n) is 4.48. The van der Waals surface area contributed by atoms with E-state index in [1.54, 1.807) is 20.3 Å². The van der Waals surface area contributed by atoms with E-state index in [4.69, 9.17) is 9.47 Å². The summed E-state index contributed by atoms with van der Waals surface area (Å²) in [6.07, 6.45) is 0. The largest absolute Gasteiger partial charge is 0.504 e. The van der Waals surface area contributed by atoms with Crippen LogP contribution in [0.5, 0.6) is 11.5 Å². The molecule has 2 N–H and O–H groups in total. The second-order valence-corrected chi connectivity index (χ2v) is 4.48. The molecule has 0 unspecified atom stereocenters. The van der Waals surface area contributed by atoms with E-state index in [-0.39, 0.29) is 5.75 Å². The SMILES string of the molecule is COCCN(C)CCNCc1ccc(O)c(OC)c1. The molecule has 19 heavy (non-hydrogen) atoms. The molecule has 0 heterocycles. The van der Waals surface area contributed by atoms with E-state index >= 15 is 0 Å². The fourth-order valence-corrected chi connectivity index (χ4v) is 1.69. The van der Waals surface area contributed by atoms with Crippen LogP contribution in [0.2, 0.25) is 0 Å². The smallest absolute Gasteiger partial charge is 0.160 e. The average Bonchev–Trinajstić information content (AvgIpc) is 2.42. The summed E-state index contributed by atoms with van der Waals surface area (Å²) < 4.78 is 10.1. The molecule has 0 radical (unpaired) electrons. The molecular formula is C14H24N2O3. The molecule has 0 spiro atoms. The van der Waals surface area contributed by atoms with Crippen molar-refractivity contribution in [1.29, 1.82) is 0 Å². The lowest BCUT2D eigenvalue weighted by atomic mass is 10.2. The van der Waals surface area contributed by atoms with Crippen molar-refractivity contribution in [3.05, 3.63) is 23.8 Å². The maximum Gasteiger partial charge on any atom is 0.160 e. The Bertz CT molecular complexity index is 372. The van der Waals surface area contributed by atoms with Crippen LogP contribution in [0.4, 0.5) is 0 Å². The van der Waals surface area contributed by atoms with Gasteiger partial charge < -0.3 is 24.8 Å². The Morgan fingerprint density at radius 2 is 2.05 bits per heavy atom. The van der Waals surface area contributed by atoms with E-state index in [1.165, 1.54) is 0 Å². The van der Waals surface area contributed by atoms with E-state index in [1.807, 2.05) is 12.1 Å². The van der Waals surface area contributed by atoms with Crippen molar-refractivity contribution in [2.45, 2.75) is 6.54 Å². The van der Waals surface area contributed by atoms with Crippen LogP contribution in [0.1, 0.15) is 5.56 Å². The number of rotatable bonds is 9. The van der Waals surface area contributed by atoms with E-state index in [0.717, 1.165) is 38.3 Å². The third-order valence-corrected chi connectivity index (χ3v) is 2.92. The molecule has 0 aromatic heterocycles. The standard InChI is InChI=1S/C14H24N2O3/c1-16(8-9-18-2)7-6-15-11-12-4-5-13(17)14(10-12)19-3/h4-5,10,15,17H,6-9,11H2,1-3H3. The van der Waals surface area contributed by atoms with Gasteiger partial charge >= 0.3 is 0 Å². The summed E-state index contributed by atoms with van der Waals surface area (Å²) in [6.45, 7) is 4.33. The molecule has 1 aromatic carbocycles. The zero-order valence-electron chi connectivity index (χ0n) is 12.0. The van der Waals surface area contributed by atoms with Gasteiger partial charge in [-0.3, -0.25) is 0 Å². The highest BCUT2D eigenvalue weighted by atomic mass is 16.5. The number of phenolic OH excluding ortho intramolecular Hbond substituents is 1. The third-order valence-electron chi connectivity index (χ3n) is 2.92. The Hall–Kier alpha value is -1.30. The molecular weight excluding hydrogens is 244 g/mol. The van der Waals surface area contributed by atoms with Crippen LogP contribution in [-0.4, -0.2) is 57.5 Å². The molecule has 0 atom stereocenters. The Morgan fingerprint density at radius 3 is 2.74 bits per heavy atom.